The molecule has 0 aliphatic heterocycles. The number of hydrogen-bond acceptors (Lipinski definition) is 5. The van der Waals surface area contributed by atoms with Gasteiger partial charge in [0.2, 0.25) is 0 Å². The summed E-state index contributed by atoms with van der Waals surface area (Å²) in [6.45, 7) is 6.39. The van der Waals surface area contributed by atoms with Crippen LogP contribution in [0.4, 0.5) is 0 Å². The lowest BCUT2D eigenvalue weighted by molar-refractivity contribution is -0.152. The number of unbranched alkanes of at least 4 members (excludes halogenated alkanes) is 1. The Labute approximate surface area is 156 Å². The Hall–Kier alpha value is -1.60. The Morgan fingerprint density at radius 3 is 2.35 bits per heavy atom. The maximum Gasteiger partial charge on any atom is 0.311 e. The molecule has 0 aliphatic rings. The molecule has 7 heteroatoms. The van der Waals surface area contributed by atoms with Gasteiger partial charge in [-0.15, -0.1) is 0 Å². The van der Waals surface area contributed by atoms with Crippen LogP contribution in [-0.4, -0.2) is 38.4 Å². The Bertz CT molecular complexity index is 668. The Balaban J connectivity index is 2.54. The van der Waals surface area contributed by atoms with Crippen LogP contribution in [0.3, 0.4) is 0 Å². The number of carbonyl (C=O) groups is 1. The van der Waals surface area contributed by atoms with Gasteiger partial charge in [-0.1, -0.05) is 26.0 Å². The third-order valence-electron chi connectivity index (χ3n) is 4.73. The van der Waals surface area contributed by atoms with E-state index in [1.807, 2.05) is 38.1 Å². The highest BCUT2D eigenvalue weighted by Crippen LogP contribution is 2.35. The average molecular weight is 387 g/mol. The molecule has 148 valence electrons. The molecular formula is C19H30O6S. The van der Waals surface area contributed by atoms with Crippen LogP contribution in [0.25, 0.3) is 0 Å². The van der Waals surface area contributed by atoms with Crippen molar-refractivity contribution < 1.29 is 27.2 Å². The van der Waals surface area contributed by atoms with Crippen LogP contribution in [0.2, 0.25) is 0 Å². The largest absolute Gasteiger partial charge is 0.494 e. The first kappa shape index (κ1) is 22.4. The molecule has 0 aliphatic carbocycles. The second-order valence-electron chi connectivity index (χ2n) is 6.92. The van der Waals surface area contributed by atoms with Crippen molar-refractivity contribution >= 4 is 16.1 Å². The van der Waals surface area contributed by atoms with Crippen LogP contribution in [0, 0.1) is 5.41 Å². The van der Waals surface area contributed by atoms with E-state index in [4.69, 9.17) is 14.0 Å². The monoisotopic (exact) mass is 386 g/mol. The predicted molar refractivity (Wildman–Crippen MR) is 101 cm³/mol. The van der Waals surface area contributed by atoms with Gasteiger partial charge in [0.1, 0.15) is 5.75 Å². The van der Waals surface area contributed by atoms with Crippen molar-refractivity contribution in [3.05, 3.63) is 29.8 Å². The van der Waals surface area contributed by atoms with E-state index in [0.717, 1.165) is 12.0 Å². The third-order valence-corrected chi connectivity index (χ3v) is 5.53. The summed E-state index contributed by atoms with van der Waals surface area (Å²) in [6, 6.07) is 7.70. The van der Waals surface area contributed by atoms with Crippen molar-refractivity contribution in [1.29, 1.82) is 0 Å². The molecule has 2 unspecified atom stereocenters. The number of ether oxygens (including phenoxy) is 2. The molecule has 6 nitrogen and oxygen atoms in total. The van der Waals surface area contributed by atoms with Crippen molar-refractivity contribution in [3.63, 3.8) is 0 Å². The van der Waals surface area contributed by atoms with Crippen LogP contribution in [0.1, 0.15) is 57.9 Å². The van der Waals surface area contributed by atoms with Crippen molar-refractivity contribution in [3.8, 4) is 5.75 Å². The second-order valence-corrected chi connectivity index (χ2v) is 8.49. The second kappa shape index (κ2) is 9.92. The number of carbonyl (C=O) groups excluding carboxylic acids is 1. The van der Waals surface area contributed by atoms with E-state index in [2.05, 4.69) is 6.92 Å². The van der Waals surface area contributed by atoms with E-state index in [-0.39, 0.29) is 17.6 Å². The zero-order valence-electron chi connectivity index (χ0n) is 16.0. The van der Waals surface area contributed by atoms with Crippen LogP contribution < -0.4 is 4.74 Å². The van der Waals surface area contributed by atoms with Crippen molar-refractivity contribution in [2.75, 3.05) is 19.5 Å². The standard InChI is InChI=1S/C19H30O6S/c1-5-19(3,18(20)24-4)14-15(2)16-8-10-17(11-9-16)25-12-6-7-13-26(21,22)23/h8-11,15H,5-7,12-14H2,1-4H3,(H,21,22,23). The van der Waals surface area contributed by atoms with Gasteiger partial charge >= 0.3 is 5.97 Å². The average Bonchev–Trinajstić information content (AvgIpc) is 2.60. The summed E-state index contributed by atoms with van der Waals surface area (Å²) in [6.07, 6.45) is 2.32. The Morgan fingerprint density at radius 1 is 1.23 bits per heavy atom. The maximum atomic E-state index is 12.0. The minimum absolute atomic E-state index is 0.184. The molecule has 0 bridgehead atoms. The van der Waals surface area contributed by atoms with Crippen LogP contribution >= 0.6 is 0 Å². The summed E-state index contributed by atoms with van der Waals surface area (Å²) < 4.78 is 40.5. The van der Waals surface area contributed by atoms with Crippen molar-refractivity contribution in [2.45, 2.75) is 52.4 Å². The number of rotatable bonds is 11. The van der Waals surface area contributed by atoms with Gasteiger partial charge in [0.05, 0.1) is 24.9 Å². The van der Waals surface area contributed by atoms with E-state index in [1.165, 1.54) is 7.11 Å². The molecule has 1 aromatic carbocycles. The summed E-state index contributed by atoms with van der Waals surface area (Å²) in [5.41, 5.74) is 0.614. The quantitative estimate of drug-likeness (QED) is 0.353. The van der Waals surface area contributed by atoms with E-state index >= 15 is 0 Å². The van der Waals surface area contributed by atoms with Gasteiger partial charge in [-0.3, -0.25) is 9.35 Å². The number of benzene rings is 1. The Kier molecular flexibility index (Phi) is 8.56. The SMILES string of the molecule is CCC(C)(CC(C)c1ccc(OCCCCS(=O)(=O)O)cc1)C(=O)OC. The highest BCUT2D eigenvalue weighted by atomic mass is 32.2. The summed E-state index contributed by atoms with van der Waals surface area (Å²) in [7, 11) is -2.48. The zero-order valence-corrected chi connectivity index (χ0v) is 16.8. The normalized spacial score (nSPS) is 15.1. The van der Waals surface area contributed by atoms with Gasteiger partial charge < -0.3 is 9.47 Å². The molecule has 0 fully saturated rings. The topological polar surface area (TPSA) is 89.9 Å². The number of esters is 1. The molecule has 0 heterocycles. The minimum Gasteiger partial charge on any atom is -0.494 e. The number of hydrogen-bond donors (Lipinski definition) is 1. The molecule has 0 radical (unpaired) electrons. The Morgan fingerprint density at radius 2 is 1.85 bits per heavy atom. The highest BCUT2D eigenvalue weighted by Gasteiger charge is 2.34. The van der Waals surface area contributed by atoms with Gasteiger partial charge in [0.25, 0.3) is 10.1 Å². The zero-order chi connectivity index (χ0) is 19.8. The fourth-order valence-electron chi connectivity index (χ4n) is 2.88. The van der Waals surface area contributed by atoms with Gasteiger partial charge in [-0.2, -0.15) is 8.42 Å². The minimum atomic E-state index is -3.90. The van der Waals surface area contributed by atoms with Gasteiger partial charge in [-0.05, 0) is 56.2 Å². The van der Waals surface area contributed by atoms with Crippen LogP contribution in [0.15, 0.2) is 24.3 Å². The lowest BCUT2D eigenvalue weighted by Crippen LogP contribution is -2.30. The maximum absolute atomic E-state index is 12.0. The first-order chi connectivity index (χ1) is 12.1. The van der Waals surface area contributed by atoms with Crippen molar-refractivity contribution in [2.24, 2.45) is 5.41 Å². The highest BCUT2D eigenvalue weighted by molar-refractivity contribution is 7.85. The lowest BCUT2D eigenvalue weighted by Gasteiger charge is -2.28. The van der Waals surface area contributed by atoms with Gasteiger partial charge in [0.15, 0.2) is 0 Å². The summed E-state index contributed by atoms with van der Waals surface area (Å²) >= 11 is 0. The smallest absolute Gasteiger partial charge is 0.311 e. The third kappa shape index (κ3) is 7.33. The molecular weight excluding hydrogens is 356 g/mol. The predicted octanol–water partition coefficient (Wildman–Crippen LogP) is 3.82. The fourth-order valence-corrected chi connectivity index (χ4v) is 3.45. The summed E-state index contributed by atoms with van der Waals surface area (Å²) in [4.78, 5) is 12.0. The number of methoxy groups -OCH3 is 1. The van der Waals surface area contributed by atoms with E-state index in [1.54, 1.807) is 0 Å². The van der Waals surface area contributed by atoms with E-state index in [9.17, 15) is 13.2 Å². The first-order valence-electron chi connectivity index (χ1n) is 8.87. The molecule has 1 N–H and O–H groups in total. The molecule has 26 heavy (non-hydrogen) atoms. The molecule has 0 spiro atoms. The van der Waals surface area contributed by atoms with Crippen LogP contribution in [0.5, 0.6) is 5.75 Å². The molecule has 2 atom stereocenters. The van der Waals surface area contributed by atoms with Crippen molar-refractivity contribution in [1.82, 2.24) is 0 Å². The molecule has 0 aromatic heterocycles. The molecule has 0 saturated heterocycles. The summed E-state index contributed by atoms with van der Waals surface area (Å²) in [5.74, 6) is 0.474. The molecule has 1 aromatic rings. The first-order valence-corrected chi connectivity index (χ1v) is 10.5. The van der Waals surface area contributed by atoms with Crippen LogP contribution in [-0.2, 0) is 19.6 Å². The fraction of sp³-hybridized carbons (Fsp3) is 0.632. The lowest BCUT2D eigenvalue weighted by atomic mass is 9.77. The van der Waals surface area contributed by atoms with E-state index < -0.39 is 15.5 Å². The summed E-state index contributed by atoms with van der Waals surface area (Å²) in [5, 5.41) is 0. The molecule has 1 rings (SSSR count). The molecule has 0 amide bonds. The van der Waals surface area contributed by atoms with E-state index in [0.29, 0.717) is 31.6 Å². The molecule has 0 saturated carbocycles. The van der Waals surface area contributed by atoms with Gasteiger partial charge in [-0.25, -0.2) is 0 Å². The van der Waals surface area contributed by atoms with Gasteiger partial charge in [0, 0.05) is 0 Å².